The van der Waals surface area contributed by atoms with Crippen molar-refractivity contribution in [3.63, 3.8) is 0 Å². The van der Waals surface area contributed by atoms with Crippen molar-refractivity contribution in [1.82, 2.24) is 0 Å². The summed E-state index contributed by atoms with van der Waals surface area (Å²) in [6, 6.07) is 0. The van der Waals surface area contributed by atoms with Crippen molar-refractivity contribution in [3.8, 4) is 0 Å². The van der Waals surface area contributed by atoms with Crippen molar-refractivity contribution in [3.05, 3.63) is 24.3 Å². The molecule has 0 bridgehead atoms. The van der Waals surface area contributed by atoms with Crippen molar-refractivity contribution in [2.45, 2.75) is 0 Å². The molecule has 12 heavy (non-hydrogen) atoms. The van der Waals surface area contributed by atoms with Gasteiger partial charge >= 0.3 is 75.8 Å². The zero-order valence-corrected chi connectivity index (χ0v) is 6.82. The van der Waals surface area contributed by atoms with Crippen LogP contribution in [-0.4, -0.2) is 26.6 Å². The number of carboxylic acid groups (broad SMARTS) is 2. The number of hydrogen-bond acceptors (Lipinski definition) is 2. The first-order chi connectivity index (χ1) is 5.54. The van der Waals surface area contributed by atoms with E-state index in [0.717, 1.165) is 12.2 Å². The Morgan fingerprint density at radius 3 is 2.33 bits per heavy atom. The number of allylic oxidation sites excluding steroid dienone is 2. The van der Waals surface area contributed by atoms with Gasteiger partial charge in [-0.05, 0) is 0 Å². The Morgan fingerprint density at radius 2 is 1.92 bits per heavy atom. The van der Waals surface area contributed by atoms with E-state index in [9.17, 15) is 9.59 Å². The molecule has 0 aromatic carbocycles. The second-order valence-electron chi connectivity index (χ2n) is 1.60. The molecule has 2 N–H and O–H groups in total. The molecule has 0 spiro atoms. The van der Waals surface area contributed by atoms with E-state index in [1.54, 1.807) is 0 Å². The van der Waals surface area contributed by atoms with Gasteiger partial charge in [0.25, 0.3) is 0 Å². The number of rotatable bonds is 4. The van der Waals surface area contributed by atoms with E-state index in [1.165, 1.54) is 6.08 Å². The van der Waals surface area contributed by atoms with E-state index in [-0.39, 0.29) is 4.45 Å². The minimum atomic E-state index is -1.21. The second-order valence-corrected chi connectivity index (χ2v) is 2.17. The summed E-state index contributed by atoms with van der Waals surface area (Å²) in [6.07, 6.45) is 5.36. The van der Waals surface area contributed by atoms with Crippen LogP contribution in [0.3, 0.4) is 0 Å². The van der Waals surface area contributed by atoms with E-state index in [2.05, 4.69) is 15.3 Å². The van der Waals surface area contributed by atoms with Gasteiger partial charge in [0.1, 0.15) is 0 Å². The van der Waals surface area contributed by atoms with Crippen LogP contribution in [0, 0.1) is 6.08 Å². The molecule has 0 heterocycles. The van der Waals surface area contributed by atoms with Crippen molar-refractivity contribution in [2.75, 3.05) is 0 Å². The quantitative estimate of drug-likeness (QED) is 0.384. The van der Waals surface area contributed by atoms with Crippen molar-refractivity contribution in [1.29, 1.82) is 0 Å². The summed E-state index contributed by atoms with van der Waals surface area (Å²) in [6.45, 7) is 0. The molecular weight excluding hydrogens is 207 g/mol. The van der Waals surface area contributed by atoms with Gasteiger partial charge in [-0.1, -0.05) is 0 Å². The SMILES string of the molecule is O=C(O)[C-]=C/C=C\[C](=[Co])C(=O)O. The van der Waals surface area contributed by atoms with E-state index >= 15 is 0 Å². The number of carbonyl (C=O) groups is 2. The van der Waals surface area contributed by atoms with Crippen LogP contribution in [0.4, 0.5) is 0 Å². The molecule has 0 fully saturated rings. The normalized spacial score (nSPS) is 10.8. The van der Waals surface area contributed by atoms with Gasteiger partial charge in [-0.25, -0.2) is 0 Å². The van der Waals surface area contributed by atoms with Gasteiger partial charge < -0.3 is 0 Å². The standard InChI is InChI=1S/C7H5O4.Co/c8-6(9)4-2-1-3-5-7(10)11;/h1-3H,(H,8,9)(H,10,11);/q-1;/b2-1-;. The molecule has 0 aliphatic heterocycles. The summed E-state index contributed by atoms with van der Waals surface area (Å²) < 4.78 is -0.175. The third kappa shape index (κ3) is 5.57. The maximum atomic E-state index is 10.1. The molecule has 4 nitrogen and oxygen atoms in total. The maximum absolute atomic E-state index is 10.1. The van der Waals surface area contributed by atoms with Gasteiger partial charge in [0.05, 0.1) is 0 Å². The Balaban J connectivity index is 4.01. The van der Waals surface area contributed by atoms with Crippen LogP contribution in [0.15, 0.2) is 18.2 Å². The summed E-state index contributed by atoms with van der Waals surface area (Å²) in [4.78, 5) is 20.0. The van der Waals surface area contributed by atoms with Gasteiger partial charge in [0, 0.05) is 0 Å². The zero-order chi connectivity index (χ0) is 9.56. The number of carboxylic acids is 2. The topological polar surface area (TPSA) is 74.6 Å². The Labute approximate surface area is 76.3 Å². The number of aliphatic carboxylic acids is 2. The Hall–Kier alpha value is -1.20. The predicted octanol–water partition coefficient (Wildman–Crippen LogP) is -0.210. The van der Waals surface area contributed by atoms with Crippen LogP contribution in [0.1, 0.15) is 0 Å². The van der Waals surface area contributed by atoms with Crippen LogP contribution >= 0.6 is 0 Å². The molecule has 0 aliphatic rings. The molecule has 0 radical (unpaired) electrons. The Morgan fingerprint density at radius 1 is 1.33 bits per heavy atom. The molecule has 5 heteroatoms. The molecule has 67 valence electrons. The summed E-state index contributed by atoms with van der Waals surface area (Å²) in [5, 5.41) is 16.3. The fourth-order valence-corrected chi connectivity index (χ4v) is 0.419. The summed E-state index contributed by atoms with van der Waals surface area (Å²) in [5.74, 6) is -2.38. The fraction of sp³-hybridized carbons (Fsp3) is 0. The van der Waals surface area contributed by atoms with E-state index in [0.29, 0.717) is 0 Å². The molecular formula is C7H5CoO4-. The average Bonchev–Trinajstić information content (AvgIpc) is 1.97. The summed E-state index contributed by atoms with van der Waals surface area (Å²) in [5.41, 5.74) is 0. The van der Waals surface area contributed by atoms with Crippen LogP contribution in [0.2, 0.25) is 0 Å². The van der Waals surface area contributed by atoms with Gasteiger partial charge in [-0.2, -0.15) is 0 Å². The summed E-state index contributed by atoms with van der Waals surface area (Å²) in [7, 11) is 0. The predicted molar refractivity (Wildman–Crippen MR) is 37.2 cm³/mol. The molecule has 0 unspecified atom stereocenters. The third-order valence-corrected chi connectivity index (χ3v) is 1.13. The molecule has 0 saturated carbocycles. The Kier molecular flexibility index (Phi) is 4.90. The van der Waals surface area contributed by atoms with Gasteiger partial charge in [0.2, 0.25) is 0 Å². The zero-order valence-electron chi connectivity index (χ0n) is 5.78. The van der Waals surface area contributed by atoms with Crippen LogP contribution in [-0.2, 0) is 24.9 Å². The molecule has 0 atom stereocenters. The average molecular weight is 212 g/mol. The van der Waals surface area contributed by atoms with Gasteiger partial charge in [-0.3, -0.25) is 0 Å². The fourth-order valence-electron chi connectivity index (χ4n) is 0.319. The van der Waals surface area contributed by atoms with Gasteiger partial charge in [-0.15, -0.1) is 0 Å². The van der Waals surface area contributed by atoms with E-state index in [4.69, 9.17) is 10.2 Å². The van der Waals surface area contributed by atoms with Crippen LogP contribution in [0.25, 0.3) is 0 Å². The monoisotopic (exact) mass is 212 g/mol. The molecule has 0 amide bonds. The molecule has 0 aromatic rings. The minimum absolute atomic E-state index is 0.175. The van der Waals surface area contributed by atoms with Crippen molar-refractivity contribution in [2.24, 2.45) is 0 Å². The van der Waals surface area contributed by atoms with E-state index < -0.39 is 11.9 Å². The molecule has 0 saturated heterocycles. The summed E-state index contributed by atoms with van der Waals surface area (Å²) >= 11 is 3.63. The molecule has 0 rings (SSSR count). The number of hydrogen-bond donors (Lipinski definition) is 2. The second kappa shape index (κ2) is 5.45. The van der Waals surface area contributed by atoms with Crippen molar-refractivity contribution < 1.29 is 35.1 Å². The molecule has 0 aliphatic carbocycles. The van der Waals surface area contributed by atoms with Crippen LogP contribution < -0.4 is 0 Å². The van der Waals surface area contributed by atoms with Gasteiger partial charge in [0.15, 0.2) is 0 Å². The van der Waals surface area contributed by atoms with Crippen molar-refractivity contribution >= 4 is 16.4 Å². The first-order valence-electron chi connectivity index (χ1n) is 2.77. The third-order valence-electron chi connectivity index (χ3n) is 0.733. The Bertz CT molecular complexity index is 265. The molecule has 0 aromatic heterocycles. The first kappa shape index (κ1) is 10.8. The van der Waals surface area contributed by atoms with E-state index in [1.807, 2.05) is 6.08 Å². The first-order valence-corrected chi connectivity index (χ1v) is 3.29. The van der Waals surface area contributed by atoms with Crippen LogP contribution in [0.5, 0.6) is 0 Å².